The molecule has 0 radical (unpaired) electrons. The highest BCUT2D eigenvalue weighted by Gasteiger charge is 2.07. The molecule has 1 aromatic heterocycles. The third-order valence-corrected chi connectivity index (χ3v) is 3.90. The SMILES string of the molecule is CCCC(CCc1sccc1Cl)NC. The van der Waals surface area contributed by atoms with Gasteiger partial charge in [0.15, 0.2) is 0 Å². The number of rotatable bonds is 6. The smallest absolute Gasteiger partial charge is 0.0544 e. The van der Waals surface area contributed by atoms with Crippen molar-refractivity contribution in [1.82, 2.24) is 5.32 Å². The van der Waals surface area contributed by atoms with E-state index in [2.05, 4.69) is 17.6 Å². The molecule has 0 spiro atoms. The van der Waals surface area contributed by atoms with Gasteiger partial charge in [0.25, 0.3) is 0 Å². The summed E-state index contributed by atoms with van der Waals surface area (Å²) in [6, 6.07) is 2.62. The van der Waals surface area contributed by atoms with Crippen molar-refractivity contribution in [2.24, 2.45) is 0 Å². The second kappa shape index (κ2) is 6.44. The first-order valence-corrected chi connectivity index (χ1v) is 6.42. The lowest BCUT2D eigenvalue weighted by molar-refractivity contribution is 0.485. The molecule has 1 atom stereocenters. The van der Waals surface area contributed by atoms with E-state index in [1.807, 2.05) is 13.1 Å². The molecule has 1 N–H and O–H groups in total. The second-order valence-corrected chi connectivity index (χ2v) is 4.91. The van der Waals surface area contributed by atoms with Gasteiger partial charge < -0.3 is 5.32 Å². The van der Waals surface area contributed by atoms with Crippen LogP contribution in [-0.4, -0.2) is 13.1 Å². The van der Waals surface area contributed by atoms with E-state index in [0.29, 0.717) is 6.04 Å². The molecule has 14 heavy (non-hydrogen) atoms. The Bertz CT molecular complexity index is 260. The zero-order chi connectivity index (χ0) is 10.4. The van der Waals surface area contributed by atoms with Crippen molar-refractivity contribution >= 4 is 22.9 Å². The number of hydrogen-bond acceptors (Lipinski definition) is 2. The van der Waals surface area contributed by atoms with E-state index < -0.39 is 0 Å². The lowest BCUT2D eigenvalue weighted by atomic mass is 10.1. The van der Waals surface area contributed by atoms with Crippen LogP contribution in [0.5, 0.6) is 0 Å². The van der Waals surface area contributed by atoms with Gasteiger partial charge in [-0.25, -0.2) is 0 Å². The van der Waals surface area contributed by atoms with E-state index >= 15 is 0 Å². The highest BCUT2D eigenvalue weighted by molar-refractivity contribution is 7.10. The van der Waals surface area contributed by atoms with Crippen molar-refractivity contribution in [3.63, 3.8) is 0 Å². The van der Waals surface area contributed by atoms with Crippen LogP contribution < -0.4 is 5.32 Å². The normalized spacial score (nSPS) is 13.1. The minimum absolute atomic E-state index is 0.637. The highest BCUT2D eigenvalue weighted by Crippen LogP contribution is 2.24. The molecule has 1 heterocycles. The Morgan fingerprint density at radius 3 is 2.79 bits per heavy atom. The molecule has 0 aromatic carbocycles. The van der Waals surface area contributed by atoms with Gasteiger partial charge in [-0.15, -0.1) is 11.3 Å². The quantitative estimate of drug-likeness (QED) is 0.787. The molecule has 1 nitrogen and oxygen atoms in total. The average Bonchev–Trinajstić information content (AvgIpc) is 2.59. The van der Waals surface area contributed by atoms with Crippen molar-refractivity contribution in [3.8, 4) is 0 Å². The van der Waals surface area contributed by atoms with Crippen LogP contribution in [0.4, 0.5) is 0 Å². The summed E-state index contributed by atoms with van der Waals surface area (Å²) in [6.07, 6.45) is 4.77. The molecule has 1 unspecified atom stereocenters. The lowest BCUT2D eigenvalue weighted by Crippen LogP contribution is -2.25. The van der Waals surface area contributed by atoms with E-state index in [-0.39, 0.29) is 0 Å². The van der Waals surface area contributed by atoms with Crippen molar-refractivity contribution in [2.45, 2.75) is 38.6 Å². The first-order chi connectivity index (χ1) is 6.77. The standard InChI is InChI=1S/C11H18ClNS/c1-3-4-9(13-2)5-6-11-10(12)7-8-14-11/h7-9,13H,3-6H2,1-2H3. The summed E-state index contributed by atoms with van der Waals surface area (Å²) < 4.78 is 0. The predicted octanol–water partition coefficient (Wildman–Crippen LogP) is 3.72. The van der Waals surface area contributed by atoms with E-state index in [1.165, 1.54) is 24.1 Å². The fourth-order valence-electron chi connectivity index (χ4n) is 1.59. The van der Waals surface area contributed by atoms with Crippen LogP contribution in [-0.2, 0) is 6.42 Å². The summed E-state index contributed by atoms with van der Waals surface area (Å²) in [7, 11) is 2.04. The predicted molar refractivity (Wildman–Crippen MR) is 65.4 cm³/mol. The number of thiophene rings is 1. The molecule has 0 aliphatic heterocycles. The Balaban J connectivity index is 2.35. The van der Waals surface area contributed by atoms with Gasteiger partial charge in [0.1, 0.15) is 0 Å². The van der Waals surface area contributed by atoms with Crippen LogP contribution in [0.25, 0.3) is 0 Å². The maximum atomic E-state index is 6.03. The first-order valence-electron chi connectivity index (χ1n) is 5.17. The summed E-state index contributed by atoms with van der Waals surface area (Å²) in [5.74, 6) is 0. The molecule has 0 aliphatic carbocycles. The molecule has 0 bridgehead atoms. The molecular formula is C11H18ClNS. The first kappa shape index (κ1) is 12.0. The monoisotopic (exact) mass is 231 g/mol. The maximum absolute atomic E-state index is 6.03. The van der Waals surface area contributed by atoms with Crippen molar-refractivity contribution in [3.05, 3.63) is 21.3 Å². The van der Waals surface area contributed by atoms with Crippen LogP contribution in [0.15, 0.2) is 11.4 Å². The molecule has 0 aliphatic rings. The third kappa shape index (κ3) is 3.60. The van der Waals surface area contributed by atoms with Gasteiger partial charge >= 0.3 is 0 Å². The molecule has 3 heteroatoms. The molecule has 1 aromatic rings. The number of hydrogen-bond donors (Lipinski definition) is 1. The Labute approximate surface area is 95.5 Å². The van der Waals surface area contributed by atoms with Gasteiger partial charge in [0.05, 0.1) is 5.02 Å². The Hall–Kier alpha value is -0.0500. The second-order valence-electron chi connectivity index (χ2n) is 3.50. The van der Waals surface area contributed by atoms with Crippen molar-refractivity contribution in [1.29, 1.82) is 0 Å². The molecular weight excluding hydrogens is 214 g/mol. The summed E-state index contributed by atoms with van der Waals surface area (Å²) >= 11 is 7.79. The largest absolute Gasteiger partial charge is 0.317 e. The van der Waals surface area contributed by atoms with E-state index in [0.717, 1.165) is 11.4 Å². The number of aryl methyl sites for hydroxylation is 1. The lowest BCUT2D eigenvalue weighted by Gasteiger charge is -2.14. The summed E-state index contributed by atoms with van der Waals surface area (Å²) in [4.78, 5) is 1.32. The summed E-state index contributed by atoms with van der Waals surface area (Å²) in [5, 5.41) is 6.34. The zero-order valence-electron chi connectivity index (χ0n) is 8.85. The van der Waals surface area contributed by atoms with E-state index in [4.69, 9.17) is 11.6 Å². The average molecular weight is 232 g/mol. The van der Waals surface area contributed by atoms with Gasteiger partial charge in [0, 0.05) is 10.9 Å². The van der Waals surface area contributed by atoms with Crippen molar-refractivity contribution in [2.75, 3.05) is 7.05 Å². The third-order valence-electron chi connectivity index (χ3n) is 2.46. The Morgan fingerprint density at radius 2 is 2.29 bits per heavy atom. The highest BCUT2D eigenvalue weighted by atomic mass is 35.5. The van der Waals surface area contributed by atoms with Gasteiger partial charge in [-0.3, -0.25) is 0 Å². The molecule has 0 fully saturated rings. The van der Waals surface area contributed by atoms with E-state index in [1.54, 1.807) is 11.3 Å². The number of nitrogens with one attached hydrogen (secondary N) is 1. The summed E-state index contributed by atoms with van der Waals surface area (Å²) in [5.41, 5.74) is 0. The van der Waals surface area contributed by atoms with Gasteiger partial charge in [-0.05, 0) is 37.8 Å². The Morgan fingerprint density at radius 1 is 1.50 bits per heavy atom. The van der Waals surface area contributed by atoms with Gasteiger partial charge in [-0.2, -0.15) is 0 Å². The molecule has 0 saturated carbocycles. The molecule has 1 rings (SSSR count). The van der Waals surface area contributed by atoms with Crippen LogP contribution in [0.2, 0.25) is 5.02 Å². The minimum Gasteiger partial charge on any atom is -0.317 e. The minimum atomic E-state index is 0.637. The molecule has 0 saturated heterocycles. The Kier molecular flexibility index (Phi) is 5.53. The van der Waals surface area contributed by atoms with Crippen LogP contribution in [0.3, 0.4) is 0 Å². The van der Waals surface area contributed by atoms with Crippen LogP contribution >= 0.6 is 22.9 Å². The van der Waals surface area contributed by atoms with Crippen molar-refractivity contribution < 1.29 is 0 Å². The van der Waals surface area contributed by atoms with Crippen LogP contribution in [0.1, 0.15) is 31.1 Å². The maximum Gasteiger partial charge on any atom is 0.0544 e. The van der Waals surface area contributed by atoms with E-state index in [9.17, 15) is 0 Å². The fraction of sp³-hybridized carbons (Fsp3) is 0.636. The molecule has 0 amide bonds. The fourth-order valence-corrected chi connectivity index (χ4v) is 2.74. The summed E-state index contributed by atoms with van der Waals surface area (Å²) in [6.45, 7) is 2.22. The van der Waals surface area contributed by atoms with Gasteiger partial charge in [0.2, 0.25) is 0 Å². The van der Waals surface area contributed by atoms with Crippen LogP contribution in [0, 0.1) is 0 Å². The topological polar surface area (TPSA) is 12.0 Å². The van der Waals surface area contributed by atoms with Gasteiger partial charge in [-0.1, -0.05) is 24.9 Å². The zero-order valence-corrected chi connectivity index (χ0v) is 10.4. The number of halogens is 1. The molecule has 80 valence electrons.